The van der Waals surface area contributed by atoms with Crippen molar-refractivity contribution in [3.8, 4) is 0 Å². The summed E-state index contributed by atoms with van der Waals surface area (Å²) in [7, 11) is 0. The predicted molar refractivity (Wildman–Crippen MR) is 85.1 cm³/mol. The highest BCUT2D eigenvalue weighted by atomic mass is 32.2. The third kappa shape index (κ3) is 3.04. The summed E-state index contributed by atoms with van der Waals surface area (Å²) < 4.78 is 0. The maximum atomic E-state index is 3.72. The van der Waals surface area contributed by atoms with E-state index in [4.69, 9.17) is 0 Å². The first-order valence-corrected chi connectivity index (χ1v) is 8.90. The van der Waals surface area contributed by atoms with Crippen LogP contribution in [0.15, 0.2) is 40.6 Å². The standard InChI is InChI=1S/C16H19NS2/c1-18-13-7-5-12(6-8-13)11-17-15-3-2-4-16-14(15)9-10-19-16/h5-10,15,17H,2-4,11H2,1H3. The Balaban J connectivity index is 1.64. The lowest BCUT2D eigenvalue weighted by Gasteiger charge is -2.23. The van der Waals surface area contributed by atoms with Crippen LogP contribution in [0.3, 0.4) is 0 Å². The van der Waals surface area contributed by atoms with Crippen molar-refractivity contribution in [2.75, 3.05) is 6.26 Å². The molecule has 100 valence electrons. The van der Waals surface area contributed by atoms with Crippen LogP contribution >= 0.6 is 23.1 Å². The normalized spacial score (nSPS) is 18.3. The second-order valence-corrected chi connectivity index (χ2v) is 6.85. The molecule has 0 saturated carbocycles. The Bertz CT molecular complexity index is 530. The minimum Gasteiger partial charge on any atom is -0.306 e. The maximum absolute atomic E-state index is 3.72. The molecule has 1 aromatic heterocycles. The Hall–Kier alpha value is -0.770. The van der Waals surface area contributed by atoms with Gasteiger partial charge >= 0.3 is 0 Å². The summed E-state index contributed by atoms with van der Waals surface area (Å²) in [5.74, 6) is 0. The van der Waals surface area contributed by atoms with Crippen LogP contribution in [-0.2, 0) is 13.0 Å². The zero-order valence-corrected chi connectivity index (χ0v) is 12.8. The lowest BCUT2D eigenvalue weighted by atomic mass is 9.94. The lowest BCUT2D eigenvalue weighted by molar-refractivity contribution is 0.463. The zero-order valence-electron chi connectivity index (χ0n) is 11.2. The molecule has 19 heavy (non-hydrogen) atoms. The van der Waals surface area contributed by atoms with Crippen molar-refractivity contribution in [3.05, 3.63) is 51.7 Å². The van der Waals surface area contributed by atoms with Gasteiger partial charge in [-0.25, -0.2) is 0 Å². The van der Waals surface area contributed by atoms with Gasteiger partial charge in [0.15, 0.2) is 0 Å². The van der Waals surface area contributed by atoms with Gasteiger partial charge < -0.3 is 5.32 Å². The van der Waals surface area contributed by atoms with E-state index in [1.165, 1.54) is 35.3 Å². The van der Waals surface area contributed by atoms with E-state index in [2.05, 4.69) is 47.3 Å². The highest BCUT2D eigenvalue weighted by Crippen LogP contribution is 2.33. The Labute approximate surface area is 123 Å². The number of thiophene rings is 1. The number of aryl methyl sites for hydroxylation is 1. The number of fused-ring (bicyclic) bond motifs is 1. The van der Waals surface area contributed by atoms with Crippen LogP contribution in [0.1, 0.15) is 34.9 Å². The average molecular weight is 289 g/mol. The van der Waals surface area contributed by atoms with Crippen molar-refractivity contribution in [2.45, 2.75) is 36.7 Å². The molecular formula is C16H19NS2. The van der Waals surface area contributed by atoms with Crippen molar-refractivity contribution >= 4 is 23.1 Å². The van der Waals surface area contributed by atoms with Gasteiger partial charge in [0.05, 0.1) is 0 Å². The number of nitrogens with one attached hydrogen (secondary N) is 1. The Morgan fingerprint density at radius 3 is 2.89 bits per heavy atom. The summed E-state index contributed by atoms with van der Waals surface area (Å²) in [4.78, 5) is 2.92. The molecule has 0 fully saturated rings. The van der Waals surface area contributed by atoms with Crippen LogP contribution in [0, 0.1) is 0 Å². The van der Waals surface area contributed by atoms with E-state index in [9.17, 15) is 0 Å². The van der Waals surface area contributed by atoms with E-state index in [0.717, 1.165) is 6.54 Å². The molecule has 1 N–H and O–H groups in total. The molecule has 0 amide bonds. The van der Waals surface area contributed by atoms with E-state index in [0.29, 0.717) is 6.04 Å². The Kier molecular flexibility index (Phi) is 4.26. The largest absolute Gasteiger partial charge is 0.306 e. The summed E-state index contributed by atoms with van der Waals surface area (Å²) in [5.41, 5.74) is 2.91. The van der Waals surface area contributed by atoms with Gasteiger partial charge in [-0.05, 0) is 60.2 Å². The summed E-state index contributed by atoms with van der Waals surface area (Å²) in [6, 6.07) is 11.7. The smallest absolute Gasteiger partial charge is 0.0334 e. The van der Waals surface area contributed by atoms with Crippen LogP contribution in [0.2, 0.25) is 0 Å². The van der Waals surface area contributed by atoms with E-state index in [-0.39, 0.29) is 0 Å². The third-order valence-corrected chi connectivity index (χ3v) is 5.50. The van der Waals surface area contributed by atoms with Crippen LogP contribution in [-0.4, -0.2) is 6.26 Å². The topological polar surface area (TPSA) is 12.0 Å². The highest BCUT2D eigenvalue weighted by molar-refractivity contribution is 7.98. The minimum atomic E-state index is 0.551. The van der Waals surface area contributed by atoms with Gasteiger partial charge in [-0.1, -0.05) is 12.1 Å². The molecule has 1 unspecified atom stereocenters. The van der Waals surface area contributed by atoms with Crippen LogP contribution < -0.4 is 5.32 Å². The number of hydrogen-bond acceptors (Lipinski definition) is 3. The zero-order chi connectivity index (χ0) is 13.1. The maximum Gasteiger partial charge on any atom is 0.0334 e. The first-order chi connectivity index (χ1) is 9.36. The van der Waals surface area contributed by atoms with Gasteiger partial charge in [-0.2, -0.15) is 0 Å². The van der Waals surface area contributed by atoms with Gasteiger partial charge in [-0.3, -0.25) is 0 Å². The molecule has 1 aliphatic rings. The van der Waals surface area contributed by atoms with Gasteiger partial charge in [0.25, 0.3) is 0 Å². The molecule has 1 heterocycles. The average Bonchev–Trinajstić information content (AvgIpc) is 2.94. The van der Waals surface area contributed by atoms with E-state index in [1.807, 2.05) is 11.3 Å². The summed E-state index contributed by atoms with van der Waals surface area (Å²) in [5, 5.41) is 5.95. The fourth-order valence-electron chi connectivity index (χ4n) is 2.68. The monoisotopic (exact) mass is 289 g/mol. The van der Waals surface area contributed by atoms with Gasteiger partial charge in [0.1, 0.15) is 0 Å². The SMILES string of the molecule is CSc1ccc(CNC2CCCc3sccc32)cc1. The summed E-state index contributed by atoms with van der Waals surface area (Å²) in [6.45, 7) is 0.967. The molecule has 1 nitrogen and oxygen atoms in total. The molecule has 1 aliphatic carbocycles. The first-order valence-electron chi connectivity index (χ1n) is 6.79. The molecule has 0 bridgehead atoms. The summed E-state index contributed by atoms with van der Waals surface area (Å²) >= 11 is 3.71. The fraction of sp³-hybridized carbons (Fsp3) is 0.375. The molecule has 1 aromatic carbocycles. The molecule has 2 aromatic rings. The van der Waals surface area contributed by atoms with Crippen molar-refractivity contribution in [3.63, 3.8) is 0 Å². The number of thioether (sulfide) groups is 1. The molecule has 0 spiro atoms. The molecule has 1 atom stereocenters. The van der Waals surface area contributed by atoms with Gasteiger partial charge in [0, 0.05) is 22.4 Å². The van der Waals surface area contributed by atoms with E-state index < -0.39 is 0 Å². The summed E-state index contributed by atoms with van der Waals surface area (Å²) in [6.07, 6.45) is 5.98. The van der Waals surface area contributed by atoms with Crippen LogP contribution in [0.25, 0.3) is 0 Å². The Morgan fingerprint density at radius 1 is 1.26 bits per heavy atom. The lowest BCUT2D eigenvalue weighted by Crippen LogP contribution is -2.23. The van der Waals surface area contributed by atoms with Crippen molar-refractivity contribution in [2.24, 2.45) is 0 Å². The number of hydrogen-bond donors (Lipinski definition) is 1. The van der Waals surface area contributed by atoms with E-state index >= 15 is 0 Å². The van der Waals surface area contributed by atoms with Crippen molar-refractivity contribution in [1.82, 2.24) is 5.32 Å². The van der Waals surface area contributed by atoms with Gasteiger partial charge in [0.2, 0.25) is 0 Å². The molecule has 0 aliphatic heterocycles. The number of rotatable bonds is 4. The van der Waals surface area contributed by atoms with Crippen molar-refractivity contribution < 1.29 is 0 Å². The number of benzene rings is 1. The fourth-order valence-corrected chi connectivity index (χ4v) is 4.08. The minimum absolute atomic E-state index is 0.551. The van der Waals surface area contributed by atoms with Gasteiger partial charge in [-0.15, -0.1) is 23.1 Å². The quantitative estimate of drug-likeness (QED) is 0.823. The molecule has 3 rings (SSSR count). The van der Waals surface area contributed by atoms with Crippen LogP contribution in [0.4, 0.5) is 0 Å². The predicted octanol–water partition coefficient (Wildman–Crippen LogP) is 4.64. The second-order valence-electron chi connectivity index (χ2n) is 4.97. The molecule has 0 saturated heterocycles. The first kappa shape index (κ1) is 13.2. The van der Waals surface area contributed by atoms with Crippen molar-refractivity contribution in [1.29, 1.82) is 0 Å². The molecule has 3 heteroatoms. The van der Waals surface area contributed by atoms with E-state index in [1.54, 1.807) is 16.6 Å². The third-order valence-electron chi connectivity index (χ3n) is 3.76. The van der Waals surface area contributed by atoms with Crippen LogP contribution in [0.5, 0.6) is 0 Å². The molecule has 0 radical (unpaired) electrons. The second kappa shape index (κ2) is 6.12. The highest BCUT2D eigenvalue weighted by Gasteiger charge is 2.20. The Morgan fingerprint density at radius 2 is 2.11 bits per heavy atom. The molecular weight excluding hydrogens is 270 g/mol.